The zero-order chi connectivity index (χ0) is 13.7. The van der Waals surface area contributed by atoms with Gasteiger partial charge in [-0.05, 0) is 28.7 Å². The van der Waals surface area contributed by atoms with Crippen molar-refractivity contribution in [2.24, 2.45) is 11.8 Å². The van der Waals surface area contributed by atoms with E-state index in [0.29, 0.717) is 0 Å². The molecule has 2 nitrogen and oxygen atoms in total. The lowest BCUT2D eigenvalue weighted by molar-refractivity contribution is 0.376. The topological polar surface area (TPSA) is 38.0 Å². The van der Waals surface area contributed by atoms with Crippen LogP contribution in [-0.2, 0) is 0 Å². The molecule has 2 aromatic rings. The summed E-state index contributed by atoms with van der Waals surface area (Å²) in [4.78, 5) is 0. The summed E-state index contributed by atoms with van der Waals surface area (Å²) in [7, 11) is 0. The summed E-state index contributed by atoms with van der Waals surface area (Å²) in [5, 5.41) is 2.59. The molecule has 0 amide bonds. The molecule has 0 aliphatic carbocycles. The summed E-state index contributed by atoms with van der Waals surface area (Å²) in [6.45, 7) is 4.51. The highest BCUT2D eigenvalue weighted by atomic mass is 15.2. The van der Waals surface area contributed by atoms with Crippen molar-refractivity contribution in [3.63, 3.8) is 0 Å². The Labute approximate surface area is 116 Å². The van der Waals surface area contributed by atoms with Crippen LogP contribution in [-0.4, -0.2) is 0 Å². The van der Waals surface area contributed by atoms with Crippen LogP contribution >= 0.6 is 0 Å². The first-order valence-corrected chi connectivity index (χ1v) is 7.23. The third kappa shape index (κ3) is 3.14. The van der Waals surface area contributed by atoms with E-state index in [1.807, 2.05) is 0 Å². The smallest absolute Gasteiger partial charge is 0.0468 e. The number of nitrogens with two attached hydrogens (primary N) is 1. The lowest BCUT2D eigenvalue weighted by Gasteiger charge is -2.23. The molecule has 102 valence electrons. The molecule has 0 saturated carbocycles. The number of fused-ring (bicyclic) bond motifs is 1. The van der Waals surface area contributed by atoms with Gasteiger partial charge < -0.3 is 0 Å². The number of benzene rings is 2. The van der Waals surface area contributed by atoms with Crippen LogP contribution in [0.3, 0.4) is 0 Å². The molecule has 0 aliphatic rings. The van der Waals surface area contributed by atoms with Crippen LogP contribution in [0.15, 0.2) is 42.5 Å². The average molecular weight is 256 g/mol. The Balaban J connectivity index is 2.35. The van der Waals surface area contributed by atoms with Gasteiger partial charge in [-0.1, -0.05) is 69.2 Å². The number of hydrogen-bond donors (Lipinski definition) is 2. The molecule has 0 aliphatic heterocycles. The predicted molar refractivity (Wildman–Crippen MR) is 82.7 cm³/mol. The highest BCUT2D eigenvalue weighted by Gasteiger charge is 2.16. The van der Waals surface area contributed by atoms with Crippen LogP contribution in [0.4, 0.5) is 0 Å². The summed E-state index contributed by atoms with van der Waals surface area (Å²) in [6, 6.07) is 15.2. The first-order chi connectivity index (χ1) is 9.30. The highest BCUT2D eigenvalue weighted by molar-refractivity contribution is 5.86. The number of rotatable bonds is 6. The van der Waals surface area contributed by atoms with Crippen molar-refractivity contribution in [3.05, 3.63) is 48.0 Å². The lowest BCUT2D eigenvalue weighted by Crippen LogP contribution is -2.29. The second-order valence-electron chi connectivity index (χ2n) is 5.21. The quantitative estimate of drug-likeness (QED) is 0.601. The maximum absolute atomic E-state index is 5.80. The molecular formula is C17H24N2. The minimum atomic E-state index is 0.232. The molecule has 2 aromatic carbocycles. The Hall–Kier alpha value is -1.38. The van der Waals surface area contributed by atoms with E-state index in [4.69, 9.17) is 5.84 Å². The van der Waals surface area contributed by atoms with Crippen molar-refractivity contribution in [3.8, 4) is 0 Å². The Bertz CT molecular complexity index is 512. The zero-order valence-electron chi connectivity index (χ0n) is 11.9. The molecule has 0 spiro atoms. The molecule has 1 atom stereocenters. The zero-order valence-corrected chi connectivity index (χ0v) is 11.9. The molecule has 0 radical (unpaired) electrons. The van der Waals surface area contributed by atoms with Gasteiger partial charge in [-0.2, -0.15) is 0 Å². The van der Waals surface area contributed by atoms with Crippen LogP contribution in [0.1, 0.15) is 44.7 Å². The fourth-order valence-corrected chi connectivity index (χ4v) is 2.79. The monoisotopic (exact) mass is 256 g/mol. The van der Waals surface area contributed by atoms with Crippen molar-refractivity contribution in [1.82, 2.24) is 5.43 Å². The molecule has 0 saturated heterocycles. The molecule has 0 bridgehead atoms. The number of hydrazine groups is 1. The van der Waals surface area contributed by atoms with Crippen molar-refractivity contribution in [1.29, 1.82) is 0 Å². The molecule has 2 heteroatoms. The molecule has 0 heterocycles. The summed E-state index contributed by atoms with van der Waals surface area (Å²) < 4.78 is 0. The molecule has 3 N–H and O–H groups in total. The van der Waals surface area contributed by atoms with Crippen LogP contribution in [0.25, 0.3) is 10.8 Å². The van der Waals surface area contributed by atoms with Gasteiger partial charge in [0, 0.05) is 6.04 Å². The number of hydrogen-bond acceptors (Lipinski definition) is 2. The van der Waals surface area contributed by atoms with Crippen LogP contribution in [0, 0.1) is 5.92 Å². The fraction of sp³-hybridized carbons (Fsp3) is 0.412. The second kappa shape index (κ2) is 6.69. The number of nitrogens with one attached hydrogen (secondary N) is 1. The third-order valence-corrected chi connectivity index (χ3v) is 4.12. The highest BCUT2D eigenvalue weighted by Crippen LogP contribution is 2.29. The SMILES string of the molecule is CCC(CC)CC(NN)c1cccc2ccccc12. The Morgan fingerprint density at radius 3 is 2.37 bits per heavy atom. The van der Waals surface area contributed by atoms with E-state index in [9.17, 15) is 0 Å². The lowest BCUT2D eigenvalue weighted by atomic mass is 9.89. The fourth-order valence-electron chi connectivity index (χ4n) is 2.79. The van der Waals surface area contributed by atoms with Crippen LogP contribution in [0.2, 0.25) is 0 Å². The van der Waals surface area contributed by atoms with E-state index < -0.39 is 0 Å². The second-order valence-corrected chi connectivity index (χ2v) is 5.21. The van der Waals surface area contributed by atoms with E-state index in [1.165, 1.54) is 29.2 Å². The van der Waals surface area contributed by atoms with Gasteiger partial charge in [0.2, 0.25) is 0 Å². The van der Waals surface area contributed by atoms with Gasteiger partial charge in [0.25, 0.3) is 0 Å². The van der Waals surface area contributed by atoms with Gasteiger partial charge >= 0.3 is 0 Å². The van der Waals surface area contributed by atoms with E-state index >= 15 is 0 Å². The van der Waals surface area contributed by atoms with E-state index in [-0.39, 0.29) is 6.04 Å². The maximum Gasteiger partial charge on any atom is 0.0468 e. The molecule has 2 rings (SSSR count). The summed E-state index contributed by atoms with van der Waals surface area (Å²) in [6.07, 6.45) is 3.51. The predicted octanol–water partition coefficient (Wildman–Crippen LogP) is 4.17. The van der Waals surface area contributed by atoms with E-state index in [0.717, 1.165) is 12.3 Å². The summed E-state index contributed by atoms with van der Waals surface area (Å²) >= 11 is 0. The van der Waals surface area contributed by atoms with Gasteiger partial charge in [0.1, 0.15) is 0 Å². The largest absolute Gasteiger partial charge is 0.271 e. The van der Waals surface area contributed by atoms with Gasteiger partial charge in [-0.15, -0.1) is 0 Å². The molecule has 1 unspecified atom stereocenters. The molecular weight excluding hydrogens is 232 g/mol. The van der Waals surface area contributed by atoms with Crippen molar-refractivity contribution < 1.29 is 0 Å². The molecule has 0 fully saturated rings. The average Bonchev–Trinajstić information content (AvgIpc) is 2.48. The van der Waals surface area contributed by atoms with Crippen molar-refractivity contribution in [2.75, 3.05) is 0 Å². The first kappa shape index (κ1) is 14.0. The minimum Gasteiger partial charge on any atom is -0.271 e. The van der Waals surface area contributed by atoms with Gasteiger partial charge in [0.05, 0.1) is 0 Å². The maximum atomic E-state index is 5.80. The molecule has 0 aromatic heterocycles. The van der Waals surface area contributed by atoms with Crippen molar-refractivity contribution >= 4 is 10.8 Å². The molecule has 19 heavy (non-hydrogen) atoms. The normalized spacial score (nSPS) is 13.1. The minimum absolute atomic E-state index is 0.232. The van der Waals surface area contributed by atoms with Crippen molar-refractivity contribution in [2.45, 2.75) is 39.2 Å². The Kier molecular flexibility index (Phi) is 4.94. The van der Waals surface area contributed by atoms with Gasteiger partial charge in [-0.25, -0.2) is 0 Å². The van der Waals surface area contributed by atoms with Gasteiger partial charge in [-0.3, -0.25) is 11.3 Å². The van der Waals surface area contributed by atoms with Crippen LogP contribution < -0.4 is 11.3 Å². The van der Waals surface area contributed by atoms with E-state index in [1.54, 1.807) is 0 Å². The third-order valence-electron chi connectivity index (χ3n) is 4.12. The Morgan fingerprint density at radius 2 is 1.68 bits per heavy atom. The van der Waals surface area contributed by atoms with Crippen LogP contribution in [0.5, 0.6) is 0 Å². The standard InChI is InChI=1S/C17H24N2/c1-3-13(4-2)12-17(19-18)16-11-7-9-14-8-5-6-10-15(14)16/h5-11,13,17,19H,3-4,12,18H2,1-2H3. The van der Waals surface area contributed by atoms with E-state index in [2.05, 4.69) is 61.7 Å². The first-order valence-electron chi connectivity index (χ1n) is 7.23. The van der Waals surface area contributed by atoms with Gasteiger partial charge in [0.15, 0.2) is 0 Å². The summed E-state index contributed by atoms with van der Waals surface area (Å²) in [5.74, 6) is 6.53. The Morgan fingerprint density at radius 1 is 1.00 bits per heavy atom. The summed E-state index contributed by atoms with van der Waals surface area (Å²) in [5.41, 5.74) is 4.32.